The molecule has 0 spiro atoms. The number of nitrogens with zero attached hydrogens (tertiary/aromatic N) is 1. The summed E-state index contributed by atoms with van der Waals surface area (Å²) in [6, 6.07) is 12.3. The molecule has 0 bridgehead atoms. The molecule has 4 nitrogen and oxygen atoms in total. The number of aryl methyl sites for hydroxylation is 1. The lowest BCUT2D eigenvalue weighted by Gasteiger charge is -2.20. The number of allylic oxidation sites excluding steroid dienone is 3. The number of unbranched alkanes of at least 4 members (excludes halogenated alkanes) is 3. The van der Waals surface area contributed by atoms with E-state index in [0.29, 0.717) is 0 Å². The number of phenolic OH excluding ortho intramolecular Hbond substituents is 1. The molecule has 0 atom stereocenters. The Balaban J connectivity index is 1.30. The van der Waals surface area contributed by atoms with Crippen molar-refractivity contribution >= 4 is 21.0 Å². The maximum Gasteiger partial charge on any atom is 0.389 e. The van der Waals surface area contributed by atoms with Gasteiger partial charge in [-0.1, -0.05) is 37.1 Å². The van der Waals surface area contributed by atoms with Crippen molar-refractivity contribution in [2.75, 3.05) is 24.6 Å². The molecule has 1 saturated heterocycles. The van der Waals surface area contributed by atoms with Crippen molar-refractivity contribution in [2.24, 2.45) is 0 Å². The van der Waals surface area contributed by atoms with Crippen LogP contribution in [-0.2, 0) is 16.3 Å². The summed E-state index contributed by atoms with van der Waals surface area (Å²) in [5.41, 5.74) is 6.88. The largest absolute Gasteiger partial charge is 0.508 e. The average molecular weight is 608 g/mol. The minimum absolute atomic E-state index is 0.207. The zero-order valence-corrected chi connectivity index (χ0v) is 24.9. The van der Waals surface area contributed by atoms with Gasteiger partial charge in [-0.05, 0) is 110 Å². The normalized spacial score (nSPS) is 17.1. The number of hydrogen-bond acceptors (Lipinski definition) is 4. The molecule has 42 heavy (non-hydrogen) atoms. The van der Waals surface area contributed by atoms with E-state index >= 15 is 0 Å². The maximum absolute atomic E-state index is 13.6. The summed E-state index contributed by atoms with van der Waals surface area (Å²) in [6.45, 7) is 1.71. The van der Waals surface area contributed by atoms with E-state index in [0.717, 1.165) is 94.1 Å². The highest BCUT2D eigenvalue weighted by molar-refractivity contribution is 7.91. The molecule has 2 aliphatic rings. The number of halogens is 4. The summed E-state index contributed by atoms with van der Waals surface area (Å²) in [7, 11) is -3.55. The van der Waals surface area contributed by atoms with E-state index in [1.54, 1.807) is 12.1 Å². The van der Waals surface area contributed by atoms with Gasteiger partial charge in [0.1, 0.15) is 11.6 Å². The van der Waals surface area contributed by atoms with Gasteiger partial charge in [0.15, 0.2) is 9.84 Å². The van der Waals surface area contributed by atoms with E-state index in [4.69, 9.17) is 0 Å². The number of sulfone groups is 1. The number of fused-ring (bicyclic) bond motifs is 1. The van der Waals surface area contributed by atoms with Gasteiger partial charge in [0, 0.05) is 25.2 Å². The minimum Gasteiger partial charge on any atom is -0.508 e. The van der Waals surface area contributed by atoms with Crippen molar-refractivity contribution in [1.82, 2.24) is 4.90 Å². The lowest BCUT2D eigenvalue weighted by atomic mass is 9.89. The van der Waals surface area contributed by atoms with E-state index in [9.17, 15) is 31.1 Å². The van der Waals surface area contributed by atoms with Gasteiger partial charge in [0.2, 0.25) is 0 Å². The summed E-state index contributed by atoms with van der Waals surface area (Å²) in [5, 5.41) is 10.1. The van der Waals surface area contributed by atoms with Gasteiger partial charge < -0.3 is 10.0 Å². The second-order valence-corrected chi connectivity index (χ2v) is 13.7. The molecule has 4 rings (SSSR count). The van der Waals surface area contributed by atoms with Gasteiger partial charge in [-0.2, -0.15) is 13.2 Å². The number of likely N-dealkylation sites (tertiary alicyclic amines) is 1. The third-order valence-corrected chi connectivity index (χ3v) is 9.79. The predicted octanol–water partition coefficient (Wildman–Crippen LogP) is 8.47. The third kappa shape index (κ3) is 9.61. The molecule has 230 valence electrons. The lowest BCUT2D eigenvalue weighted by molar-refractivity contribution is -0.134. The van der Waals surface area contributed by atoms with Gasteiger partial charge in [0.05, 0.1) is 11.5 Å². The Morgan fingerprint density at radius 1 is 0.905 bits per heavy atom. The van der Waals surface area contributed by atoms with E-state index in [1.807, 2.05) is 24.3 Å². The SMILES string of the molecule is O=S(=O)(C/C=C1/CCCN1CCCCCCC1=C(c2ccc(F)cc2)CCCc2cc(O)ccc21)CCCC(F)(F)F. The first kappa shape index (κ1) is 32.1. The molecule has 0 unspecified atom stereocenters. The second kappa shape index (κ2) is 14.6. The van der Waals surface area contributed by atoms with Crippen LogP contribution in [0.2, 0.25) is 0 Å². The topological polar surface area (TPSA) is 57.6 Å². The van der Waals surface area contributed by atoms with E-state index in [-0.39, 0.29) is 17.3 Å². The maximum atomic E-state index is 13.6. The minimum atomic E-state index is -4.33. The van der Waals surface area contributed by atoms with Gasteiger partial charge in [-0.15, -0.1) is 0 Å². The molecule has 1 N–H and O–H groups in total. The smallest absolute Gasteiger partial charge is 0.389 e. The van der Waals surface area contributed by atoms with Crippen molar-refractivity contribution in [3.63, 3.8) is 0 Å². The fourth-order valence-corrected chi connectivity index (χ4v) is 7.30. The van der Waals surface area contributed by atoms with Crippen LogP contribution in [0.25, 0.3) is 11.1 Å². The Morgan fingerprint density at radius 3 is 2.43 bits per heavy atom. The first-order valence-electron chi connectivity index (χ1n) is 15.0. The molecule has 2 aromatic carbocycles. The molecule has 0 amide bonds. The molecule has 1 fully saturated rings. The van der Waals surface area contributed by atoms with E-state index < -0.39 is 34.6 Å². The summed E-state index contributed by atoms with van der Waals surface area (Å²) < 4.78 is 75.2. The molecule has 0 saturated carbocycles. The van der Waals surface area contributed by atoms with Gasteiger partial charge in [-0.25, -0.2) is 12.8 Å². The summed E-state index contributed by atoms with van der Waals surface area (Å²) >= 11 is 0. The number of hydrogen-bond donors (Lipinski definition) is 1. The molecular formula is C33H41F4NO3S. The first-order valence-corrected chi connectivity index (χ1v) is 16.8. The van der Waals surface area contributed by atoms with Crippen molar-refractivity contribution in [3.8, 4) is 5.75 Å². The zero-order valence-electron chi connectivity index (χ0n) is 24.1. The highest BCUT2D eigenvalue weighted by Gasteiger charge is 2.27. The van der Waals surface area contributed by atoms with Crippen LogP contribution in [0.5, 0.6) is 5.75 Å². The number of alkyl halides is 3. The monoisotopic (exact) mass is 607 g/mol. The van der Waals surface area contributed by atoms with Crippen LogP contribution < -0.4 is 0 Å². The van der Waals surface area contributed by atoms with E-state index in [2.05, 4.69) is 4.90 Å². The Bertz CT molecular complexity index is 1360. The van der Waals surface area contributed by atoms with Crippen LogP contribution >= 0.6 is 0 Å². The third-order valence-electron chi connectivity index (χ3n) is 8.20. The molecule has 1 aliphatic carbocycles. The van der Waals surface area contributed by atoms with Crippen LogP contribution in [0.15, 0.2) is 54.2 Å². The number of rotatable bonds is 13. The van der Waals surface area contributed by atoms with Crippen molar-refractivity contribution in [3.05, 3.63) is 76.7 Å². The number of aromatic hydroxyl groups is 1. The van der Waals surface area contributed by atoms with E-state index in [1.165, 1.54) is 28.8 Å². The van der Waals surface area contributed by atoms with Crippen molar-refractivity contribution < 1.29 is 31.1 Å². The molecule has 0 radical (unpaired) electrons. The molecule has 1 aliphatic heterocycles. The zero-order chi connectivity index (χ0) is 30.2. The summed E-state index contributed by atoms with van der Waals surface area (Å²) in [5.74, 6) is -0.631. The van der Waals surface area contributed by atoms with Gasteiger partial charge in [-0.3, -0.25) is 0 Å². The van der Waals surface area contributed by atoms with Gasteiger partial charge in [0.25, 0.3) is 0 Å². The Kier molecular flexibility index (Phi) is 11.1. The number of benzene rings is 2. The lowest BCUT2D eigenvalue weighted by Crippen LogP contribution is -2.20. The highest BCUT2D eigenvalue weighted by atomic mass is 32.2. The fourth-order valence-electron chi connectivity index (χ4n) is 6.10. The van der Waals surface area contributed by atoms with Crippen molar-refractivity contribution in [1.29, 1.82) is 0 Å². The Hall–Kier alpha value is -2.81. The molecule has 1 heterocycles. The molecule has 9 heteroatoms. The number of phenols is 1. The summed E-state index contributed by atoms with van der Waals surface area (Å²) in [4.78, 5) is 2.22. The fraction of sp³-hybridized carbons (Fsp3) is 0.515. The standard InChI is InChI=1S/C33H41F4NO3S/c34-27-14-12-25(13-15-27)30-11-5-8-26-24-29(39)16-17-31(26)32(30)10-3-1-2-4-20-38-21-6-9-28(38)18-23-42(40,41)22-7-19-33(35,36)37/h12-18,24,39H,1-11,19-23H2/b28-18-. The van der Waals surface area contributed by atoms with Crippen LogP contribution in [-0.4, -0.2) is 49.2 Å². The second-order valence-electron chi connectivity index (χ2n) is 11.4. The predicted molar refractivity (Wildman–Crippen MR) is 160 cm³/mol. The van der Waals surface area contributed by atoms with Gasteiger partial charge >= 0.3 is 6.18 Å². The van der Waals surface area contributed by atoms with Crippen LogP contribution in [0, 0.1) is 5.82 Å². The Morgan fingerprint density at radius 2 is 1.67 bits per heavy atom. The molecule has 0 aromatic heterocycles. The van der Waals surface area contributed by atoms with Crippen LogP contribution in [0.1, 0.15) is 87.3 Å². The Labute approximate surface area is 247 Å². The molecular weight excluding hydrogens is 566 g/mol. The average Bonchev–Trinajstić information content (AvgIpc) is 3.30. The first-order chi connectivity index (χ1) is 20.0. The highest BCUT2D eigenvalue weighted by Crippen LogP contribution is 2.39. The van der Waals surface area contributed by atoms with Crippen LogP contribution in [0.3, 0.4) is 0 Å². The summed E-state index contributed by atoms with van der Waals surface area (Å²) in [6.07, 6.45) is 5.34. The van der Waals surface area contributed by atoms with Crippen LogP contribution in [0.4, 0.5) is 17.6 Å². The molecule has 2 aromatic rings. The quantitative estimate of drug-likeness (QED) is 0.183. The van der Waals surface area contributed by atoms with Crippen molar-refractivity contribution in [2.45, 2.75) is 83.2 Å².